The molecule has 2 fully saturated rings. The number of esters is 1. The number of aliphatic hydroxyl groups excluding tert-OH is 2. The summed E-state index contributed by atoms with van der Waals surface area (Å²) in [6.07, 6.45) is 1.79. The van der Waals surface area contributed by atoms with Gasteiger partial charge in [0.2, 0.25) is 0 Å². The van der Waals surface area contributed by atoms with Crippen LogP contribution >= 0.6 is 0 Å². The van der Waals surface area contributed by atoms with Gasteiger partial charge in [-0.2, -0.15) is 0 Å². The maximum Gasteiger partial charge on any atom is 0.316 e. The summed E-state index contributed by atoms with van der Waals surface area (Å²) in [6, 6.07) is 9.73. The van der Waals surface area contributed by atoms with E-state index in [1.165, 1.54) is 0 Å². The lowest BCUT2D eigenvalue weighted by atomic mass is 9.95. The molecule has 6 atom stereocenters. The topological polar surface area (TPSA) is 66.8 Å². The summed E-state index contributed by atoms with van der Waals surface area (Å²) in [4.78, 5) is 12.5. The normalized spacial score (nSPS) is 36.3. The van der Waals surface area contributed by atoms with Crippen LogP contribution in [0.2, 0.25) is 0 Å². The highest BCUT2D eigenvalue weighted by molar-refractivity contribution is 5.78. The van der Waals surface area contributed by atoms with E-state index < -0.39 is 5.92 Å². The van der Waals surface area contributed by atoms with Crippen molar-refractivity contribution in [2.45, 2.75) is 56.4 Å². The summed E-state index contributed by atoms with van der Waals surface area (Å²) in [7, 11) is 2.20. The van der Waals surface area contributed by atoms with Crippen molar-refractivity contribution < 1.29 is 24.2 Å². The predicted molar refractivity (Wildman–Crippen MR) is 90.3 cm³/mol. The number of hydrogen-bond acceptors (Lipinski definition) is 4. The molecule has 0 aliphatic carbocycles. The van der Waals surface area contributed by atoms with Crippen LogP contribution in [0, 0.1) is 0 Å². The fourth-order valence-corrected chi connectivity index (χ4v) is 4.58. The lowest BCUT2D eigenvalue weighted by molar-refractivity contribution is -0.949. The zero-order valence-electron chi connectivity index (χ0n) is 14.5. The Morgan fingerprint density at radius 3 is 2.58 bits per heavy atom. The molecule has 2 unspecified atom stereocenters. The van der Waals surface area contributed by atoms with Gasteiger partial charge in [0.1, 0.15) is 24.2 Å². The molecule has 2 N–H and O–H groups in total. The Hall–Kier alpha value is -1.43. The number of ether oxygens (including phenoxy) is 1. The van der Waals surface area contributed by atoms with E-state index in [0.717, 1.165) is 29.4 Å². The van der Waals surface area contributed by atoms with E-state index in [4.69, 9.17) is 4.74 Å². The molecule has 2 bridgehead atoms. The fraction of sp³-hybridized carbons (Fsp3) is 0.632. The third-order valence-electron chi connectivity index (χ3n) is 6.22. The highest BCUT2D eigenvalue weighted by Gasteiger charge is 2.56. The fourth-order valence-electron chi connectivity index (χ4n) is 4.58. The highest BCUT2D eigenvalue weighted by atomic mass is 16.5. The van der Waals surface area contributed by atoms with Crippen molar-refractivity contribution >= 4 is 5.97 Å². The molecule has 1 aromatic carbocycles. The van der Waals surface area contributed by atoms with Crippen molar-refractivity contribution in [2.75, 3.05) is 20.2 Å². The van der Waals surface area contributed by atoms with Gasteiger partial charge in [-0.15, -0.1) is 0 Å². The first-order valence-corrected chi connectivity index (χ1v) is 8.88. The second kappa shape index (κ2) is 6.82. The number of quaternary nitrogens is 1. The van der Waals surface area contributed by atoms with Gasteiger partial charge < -0.3 is 19.4 Å². The van der Waals surface area contributed by atoms with Crippen LogP contribution in [0.25, 0.3) is 0 Å². The Morgan fingerprint density at radius 1 is 1.29 bits per heavy atom. The summed E-state index contributed by atoms with van der Waals surface area (Å²) < 4.78 is 6.62. The predicted octanol–water partition coefficient (Wildman–Crippen LogP) is 1.44. The third-order valence-corrected chi connectivity index (χ3v) is 6.22. The molecule has 5 heteroatoms. The molecular formula is C19H28NO4+. The lowest BCUT2D eigenvalue weighted by Gasteiger charge is -2.46. The summed E-state index contributed by atoms with van der Waals surface area (Å²) in [6.45, 7) is 2.88. The van der Waals surface area contributed by atoms with Crippen molar-refractivity contribution in [1.82, 2.24) is 0 Å². The Balaban J connectivity index is 1.68. The van der Waals surface area contributed by atoms with E-state index in [-0.39, 0.29) is 30.8 Å². The maximum atomic E-state index is 12.5. The maximum absolute atomic E-state index is 12.5. The monoisotopic (exact) mass is 334 g/mol. The molecule has 1 aromatic rings. The summed E-state index contributed by atoms with van der Waals surface area (Å²) in [5.41, 5.74) is 0.776. The van der Waals surface area contributed by atoms with Gasteiger partial charge in [0.15, 0.2) is 0 Å². The largest absolute Gasteiger partial charge is 0.461 e. The minimum atomic E-state index is -0.636. The number of carbonyl (C=O) groups is 1. The molecular weight excluding hydrogens is 306 g/mol. The van der Waals surface area contributed by atoms with Gasteiger partial charge in [-0.25, -0.2) is 0 Å². The minimum Gasteiger partial charge on any atom is -0.461 e. The molecule has 0 saturated carbocycles. The summed E-state index contributed by atoms with van der Waals surface area (Å²) >= 11 is 0. The minimum absolute atomic E-state index is 0.135. The standard InChI is InChI=1S/C19H28NO4/c1-3-20(2)14-9-15(11-17(20)18(22)10-14)24-19(23)16(12-21)13-7-5-4-6-8-13/h4-8,14-18,21-22H,3,9-12H2,1-2H3/q+1/t14?,15-,16+,17-,18-,20?/m0/s1. The number of rotatable bonds is 5. The molecule has 0 aromatic heterocycles. The van der Waals surface area contributed by atoms with Crippen LogP contribution in [-0.2, 0) is 9.53 Å². The van der Waals surface area contributed by atoms with Crippen molar-refractivity contribution in [3.05, 3.63) is 35.9 Å². The van der Waals surface area contributed by atoms with Crippen LogP contribution < -0.4 is 0 Å². The Morgan fingerprint density at radius 2 is 2.00 bits per heavy atom. The quantitative estimate of drug-likeness (QED) is 0.632. The smallest absolute Gasteiger partial charge is 0.316 e. The van der Waals surface area contributed by atoms with Gasteiger partial charge in [0, 0.05) is 19.3 Å². The van der Waals surface area contributed by atoms with Gasteiger partial charge in [-0.1, -0.05) is 30.3 Å². The summed E-state index contributed by atoms with van der Waals surface area (Å²) in [5, 5.41) is 20.0. The van der Waals surface area contributed by atoms with Crippen molar-refractivity contribution in [3.63, 3.8) is 0 Å². The average molecular weight is 334 g/mol. The van der Waals surface area contributed by atoms with Crippen LogP contribution in [0.1, 0.15) is 37.7 Å². The van der Waals surface area contributed by atoms with Crippen LogP contribution in [-0.4, -0.2) is 65.2 Å². The molecule has 0 amide bonds. The van der Waals surface area contributed by atoms with Gasteiger partial charge in [-0.05, 0) is 12.5 Å². The number of aliphatic hydroxyl groups is 2. The number of benzene rings is 1. The Kier molecular flexibility index (Phi) is 4.95. The molecule has 2 saturated heterocycles. The molecule has 2 aliphatic rings. The molecule has 5 nitrogen and oxygen atoms in total. The number of hydrogen-bond donors (Lipinski definition) is 2. The number of piperidine rings is 1. The van der Waals surface area contributed by atoms with Crippen molar-refractivity contribution in [1.29, 1.82) is 0 Å². The third kappa shape index (κ3) is 2.96. The lowest BCUT2D eigenvalue weighted by Crippen LogP contribution is -2.60. The van der Waals surface area contributed by atoms with Crippen LogP contribution in [0.3, 0.4) is 0 Å². The van der Waals surface area contributed by atoms with Gasteiger partial charge >= 0.3 is 5.97 Å². The zero-order chi connectivity index (χ0) is 17.3. The average Bonchev–Trinajstić information content (AvgIpc) is 2.71. The van der Waals surface area contributed by atoms with Crippen molar-refractivity contribution in [3.8, 4) is 0 Å². The van der Waals surface area contributed by atoms with E-state index in [2.05, 4.69) is 14.0 Å². The highest BCUT2D eigenvalue weighted by Crippen LogP contribution is 2.42. The first-order chi connectivity index (χ1) is 11.5. The zero-order valence-corrected chi connectivity index (χ0v) is 14.5. The molecule has 2 heterocycles. The number of carbonyl (C=O) groups excluding carboxylic acids is 1. The molecule has 24 heavy (non-hydrogen) atoms. The Labute approximate surface area is 143 Å². The van der Waals surface area contributed by atoms with Crippen molar-refractivity contribution in [2.24, 2.45) is 0 Å². The first kappa shape index (κ1) is 17.4. The molecule has 3 rings (SSSR count). The second-order valence-electron chi connectivity index (χ2n) is 7.36. The van der Waals surface area contributed by atoms with Gasteiger partial charge in [-0.3, -0.25) is 4.79 Å². The second-order valence-corrected chi connectivity index (χ2v) is 7.36. The van der Waals surface area contributed by atoms with Gasteiger partial charge in [0.05, 0.1) is 26.2 Å². The molecule has 2 aliphatic heterocycles. The SMILES string of the molecule is CC[N+]1(C)C2C[C@H](OC(=O)[C@H](CO)c3ccccc3)C[C@H]1[C@@H](O)C2. The van der Waals surface area contributed by atoms with E-state index >= 15 is 0 Å². The number of fused-ring (bicyclic) bond motifs is 2. The summed E-state index contributed by atoms with van der Waals surface area (Å²) in [5.74, 6) is -1.00. The van der Waals surface area contributed by atoms with Gasteiger partial charge in [0.25, 0.3) is 0 Å². The van der Waals surface area contributed by atoms with E-state index in [1.807, 2.05) is 30.3 Å². The Bertz CT molecular complexity index is 578. The first-order valence-electron chi connectivity index (χ1n) is 8.88. The molecule has 132 valence electrons. The van der Waals surface area contributed by atoms with Crippen LogP contribution in [0.4, 0.5) is 0 Å². The molecule has 0 radical (unpaired) electrons. The van der Waals surface area contributed by atoms with Crippen LogP contribution in [0.15, 0.2) is 30.3 Å². The van der Waals surface area contributed by atoms with E-state index in [1.54, 1.807) is 0 Å². The number of likely N-dealkylation sites (N-methyl/N-ethyl adjacent to an activating group) is 1. The van der Waals surface area contributed by atoms with E-state index in [9.17, 15) is 15.0 Å². The number of nitrogens with zero attached hydrogens (tertiary/aromatic N) is 1. The van der Waals surface area contributed by atoms with E-state index in [0.29, 0.717) is 12.5 Å². The van der Waals surface area contributed by atoms with Crippen LogP contribution in [0.5, 0.6) is 0 Å². The molecule has 0 spiro atoms.